The van der Waals surface area contributed by atoms with Gasteiger partial charge in [-0.2, -0.15) is 13.2 Å². The maximum absolute atomic E-state index is 12.5. The van der Waals surface area contributed by atoms with E-state index < -0.39 is 29.1 Å². The maximum Gasteiger partial charge on any atom is 0.416 e. The molecule has 0 radical (unpaired) electrons. The number of ketones is 1. The SMILES string of the molecule is Cl.[2H][C@@]1(O)CCC[C@@](N)(c2ccc(C(F)(F)F)cc2)C1=O. The molecule has 0 unspecified atom stereocenters. The molecule has 1 fully saturated rings. The highest BCUT2D eigenvalue weighted by atomic mass is 35.5. The molecule has 0 aliphatic heterocycles. The molecule has 0 saturated heterocycles. The standard InChI is InChI=1S/C13H14F3NO2.ClH/c14-13(15,16)9-5-3-8(4-6-9)12(17)7-1-2-10(18)11(12)19;/h3-6,10,18H,1-2,7,17H2;1H/t10-,12-;/m1./s1/i10D;. The van der Waals surface area contributed by atoms with Crippen LogP contribution in [0.15, 0.2) is 24.3 Å². The first-order valence-corrected chi connectivity index (χ1v) is 5.81. The van der Waals surface area contributed by atoms with E-state index in [9.17, 15) is 23.1 Å². The number of carbonyl (C=O) groups is 1. The molecule has 3 nitrogen and oxygen atoms in total. The van der Waals surface area contributed by atoms with E-state index in [1.807, 2.05) is 0 Å². The number of benzene rings is 1. The molecule has 1 saturated carbocycles. The molecule has 0 amide bonds. The van der Waals surface area contributed by atoms with Crippen molar-refractivity contribution in [3.8, 4) is 0 Å². The van der Waals surface area contributed by atoms with Gasteiger partial charge in [-0.05, 0) is 37.0 Å². The molecular formula is C13H15ClF3NO2. The van der Waals surface area contributed by atoms with Crippen molar-refractivity contribution >= 4 is 18.2 Å². The summed E-state index contributed by atoms with van der Waals surface area (Å²) in [6.45, 7) is 0. The van der Waals surface area contributed by atoms with Crippen LogP contribution in [0.5, 0.6) is 0 Å². The average Bonchev–Trinajstić information content (AvgIpc) is 2.35. The highest BCUT2D eigenvalue weighted by molar-refractivity contribution is 5.93. The van der Waals surface area contributed by atoms with Crippen LogP contribution in [-0.4, -0.2) is 17.0 Å². The first kappa shape index (κ1) is 15.3. The summed E-state index contributed by atoms with van der Waals surface area (Å²) in [5, 5.41) is 9.68. The minimum atomic E-state index is -4.47. The second-order valence-corrected chi connectivity index (χ2v) is 4.68. The Balaban J connectivity index is 0.00000220. The molecule has 1 aliphatic rings. The minimum absolute atomic E-state index is 0. The largest absolute Gasteiger partial charge is 0.416 e. The van der Waals surface area contributed by atoms with E-state index in [4.69, 9.17) is 7.10 Å². The molecule has 1 aliphatic carbocycles. The zero-order valence-electron chi connectivity index (χ0n) is 11.4. The number of carbonyl (C=O) groups excluding carboxylic acids is 1. The second kappa shape index (κ2) is 5.71. The molecule has 0 aromatic heterocycles. The highest BCUT2D eigenvalue weighted by Gasteiger charge is 2.42. The lowest BCUT2D eigenvalue weighted by Crippen LogP contribution is -2.52. The Morgan fingerprint density at radius 2 is 1.90 bits per heavy atom. The van der Waals surface area contributed by atoms with Gasteiger partial charge < -0.3 is 10.8 Å². The fourth-order valence-electron chi connectivity index (χ4n) is 2.25. The predicted molar refractivity (Wildman–Crippen MR) is 69.4 cm³/mol. The van der Waals surface area contributed by atoms with E-state index in [1.54, 1.807) is 0 Å². The highest BCUT2D eigenvalue weighted by Crippen LogP contribution is 2.35. The van der Waals surface area contributed by atoms with Gasteiger partial charge in [0.2, 0.25) is 0 Å². The second-order valence-electron chi connectivity index (χ2n) is 4.68. The third kappa shape index (κ3) is 2.97. The van der Waals surface area contributed by atoms with Crippen molar-refractivity contribution in [2.75, 3.05) is 0 Å². The van der Waals surface area contributed by atoms with Crippen LogP contribution in [0, 0.1) is 0 Å². The number of aliphatic hydroxyl groups is 1. The Morgan fingerprint density at radius 1 is 1.35 bits per heavy atom. The molecule has 7 heteroatoms. The zero-order chi connectivity index (χ0) is 15.2. The number of rotatable bonds is 1. The third-order valence-corrected chi connectivity index (χ3v) is 3.38. The van der Waals surface area contributed by atoms with Gasteiger partial charge in [-0.3, -0.25) is 4.79 Å². The Kier molecular flexibility index (Phi) is 4.36. The summed E-state index contributed by atoms with van der Waals surface area (Å²) in [4.78, 5) is 12.1. The number of Topliss-reactive ketones (excluding diaryl/α,β-unsaturated/α-hetero) is 1. The van der Waals surface area contributed by atoms with Crippen LogP contribution in [0.1, 0.15) is 31.8 Å². The maximum atomic E-state index is 12.5. The number of alkyl halides is 3. The smallest absolute Gasteiger partial charge is 0.385 e. The molecule has 1 aromatic carbocycles. The summed E-state index contributed by atoms with van der Waals surface area (Å²) in [6, 6.07) is 3.94. The molecule has 2 atom stereocenters. The van der Waals surface area contributed by atoms with Gasteiger partial charge in [0.05, 0.1) is 6.93 Å². The van der Waals surface area contributed by atoms with Gasteiger partial charge in [0.15, 0.2) is 5.78 Å². The minimum Gasteiger partial charge on any atom is -0.385 e. The van der Waals surface area contributed by atoms with Gasteiger partial charge >= 0.3 is 6.18 Å². The topological polar surface area (TPSA) is 63.3 Å². The molecule has 0 bridgehead atoms. The summed E-state index contributed by atoms with van der Waals surface area (Å²) < 4.78 is 45.0. The molecule has 2 rings (SSSR count). The Morgan fingerprint density at radius 3 is 2.40 bits per heavy atom. The van der Waals surface area contributed by atoms with E-state index >= 15 is 0 Å². The van der Waals surface area contributed by atoms with E-state index in [2.05, 4.69) is 0 Å². The van der Waals surface area contributed by atoms with E-state index in [0.717, 1.165) is 24.3 Å². The predicted octanol–water partition coefficient (Wildman–Crippen LogP) is 2.40. The van der Waals surface area contributed by atoms with E-state index in [1.165, 1.54) is 0 Å². The van der Waals surface area contributed by atoms with Crippen LogP contribution in [0.2, 0.25) is 0 Å². The molecular weight excluding hydrogens is 295 g/mol. The lowest BCUT2D eigenvalue weighted by Gasteiger charge is -2.34. The number of halogens is 4. The van der Waals surface area contributed by atoms with Crippen LogP contribution in [0.4, 0.5) is 13.2 Å². The Hall–Kier alpha value is -1.11. The van der Waals surface area contributed by atoms with Crippen molar-refractivity contribution in [2.24, 2.45) is 5.73 Å². The summed E-state index contributed by atoms with van der Waals surface area (Å²) in [7, 11) is 0. The van der Waals surface area contributed by atoms with Gasteiger partial charge in [0.25, 0.3) is 0 Å². The van der Waals surface area contributed by atoms with Crippen LogP contribution >= 0.6 is 12.4 Å². The number of hydrogen-bond donors (Lipinski definition) is 2. The summed E-state index contributed by atoms with van der Waals surface area (Å²) >= 11 is 0. The third-order valence-electron chi connectivity index (χ3n) is 3.38. The fraction of sp³-hybridized carbons (Fsp3) is 0.462. The summed E-state index contributed by atoms with van der Waals surface area (Å²) in [6.07, 6.45) is -6.23. The lowest BCUT2D eigenvalue weighted by molar-refractivity contribution is -0.137. The van der Waals surface area contributed by atoms with Gasteiger partial charge in [0, 0.05) is 0 Å². The summed E-state index contributed by atoms with van der Waals surface area (Å²) in [5.74, 6) is -0.879. The Bertz CT molecular complexity index is 533. The molecule has 20 heavy (non-hydrogen) atoms. The van der Waals surface area contributed by atoms with Gasteiger partial charge in [0.1, 0.15) is 11.6 Å². The number of nitrogens with two attached hydrogens (primary N) is 1. The summed E-state index contributed by atoms with van der Waals surface area (Å²) in [5.41, 5.74) is 3.68. The van der Waals surface area contributed by atoms with Crippen molar-refractivity contribution in [2.45, 2.75) is 37.1 Å². The van der Waals surface area contributed by atoms with Gasteiger partial charge in [-0.1, -0.05) is 12.1 Å². The molecule has 0 spiro atoms. The van der Waals surface area contributed by atoms with Crippen LogP contribution in [0.25, 0.3) is 0 Å². The van der Waals surface area contributed by atoms with Gasteiger partial charge in [-0.25, -0.2) is 0 Å². The van der Waals surface area contributed by atoms with E-state index in [-0.39, 0.29) is 30.8 Å². The lowest BCUT2D eigenvalue weighted by atomic mass is 9.75. The first-order chi connectivity index (χ1) is 9.07. The van der Waals surface area contributed by atoms with Crippen LogP contribution in [-0.2, 0) is 16.5 Å². The van der Waals surface area contributed by atoms with Crippen LogP contribution < -0.4 is 5.73 Å². The average molecular weight is 311 g/mol. The van der Waals surface area contributed by atoms with Crippen LogP contribution in [0.3, 0.4) is 0 Å². The quantitative estimate of drug-likeness (QED) is 0.837. The molecule has 112 valence electrons. The zero-order valence-corrected chi connectivity index (χ0v) is 11.2. The number of hydrogen-bond acceptors (Lipinski definition) is 3. The van der Waals surface area contributed by atoms with Crippen molar-refractivity contribution in [3.05, 3.63) is 35.4 Å². The van der Waals surface area contributed by atoms with E-state index in [0.29, 0.717) is 6.42 Å². The van der Waals surface area contributed by atoms with Crippen molar-refractivity contribution < 1.29 is 24.4 Å². The Labute approximate surface area is 121 Å². The molecule has 1 aromatic rings. The van der Waals surface area contributed by atoms with Crippen molar-refractivity contribution in [3.63, 3.8) is 0 Å². The molecule has 0 heterocycles. The fourth-order valence-corrected chi connectivity index (χ4v) is 2.25. The normalized spacial score (nSPS) is 31.4. The van der Waals surface area contributed by atoms with Crippen molar-refractivity contribution in [1.29, 1.82) is 0 Å². The van der Waals surface area contributed by atoms with Crippen molar-refractivity contribution in [1.82, 2.24) is 0 Å². The first-order valence-electron chi connectivity index (χ1n) is 6.31. The molecule has 3 N–H and O–H groups in total. The monoisotopic (exact) mass is 310 g/mol. The van der Waals surface area contributed by atoms with Gasteiger partial charge in [-0.15, -0.1) is 12.4 Å².